The van der Waals surface area contributed by atoms with Crippen molar-refractivity contribution >= 4 is 16.2 Å². The molecule has 0 aromatic heterocycles. The van der Waals surface area contributed by atoms with Gasteiger partial charge in [-0.2, -0.15) is 26.3 Å². The molecule has 6 nitrogen and oxygen atoms in total. The Bertz CT molecular complexity index is 356. The molecule has 0 amide bonds. The third-order valence-electron chi connectivity index (χ3n) is 1.82. The van der Waals surface area contributed by atoms with Crippen molar-refractivity contribution in [2.75, 3.05) is 13.1 Å². The Hall–Kier alpha value is -0.870. The zero-order valence-corrected chi connectivity index (χ0v) is 10.3. The van der Waals surface area contributed by atoms with Gasteiger partial charge in [-0.15, -0.1) is 0 Å². The number of carbonyl (C=O) groups is 1. The van der Waals surface area contributed by atoms with Crippen LogP contribution in [0.2, 0.25) is 0 Å². The zero-order valence-electron chi connectivity index (χ0n) is 9.46. The molecule has 0 radical (unpaired) electrons. The van der Waals surface area contributed by atoms with Crippen molar-refractivity contribution in [1.29, 1.82) is 0 Å². The van der Waals surface area contributed by atoms with E-state index in [-0.39, 0.29) is 13.0 Å². The number of alkyl halides is 3. The average molecular weight is 292 g/mol. The molecule has 0 aromatic carbocycles. The number of unbranched alkanes of at least 4 members (excludes halogenated alkanes) is 2. The van der Waals surface area contributed by atoms with Crippen LogP contribution in [0.25, 0.3) is 0 Å². The molecule has 0 rings (SSSR count). The average Bonchev–Trinajstić information content (AvgIpc) is 2.19. The Labute approximate surface area is 103 Å². The first-order valence-corrected chi connectivity index (χ1v) is 6.63. The van der Waals surface area contributed by atoms with Gasteiger partial charge in [0.05, 0.1) is 0 Å². The van der Waals surface area contributed by atoms with Gasteiger partial charge < -0.3 is 5.11 Å². The van der Waals surface area contributed by atoms with Gasteiger partial charge in [0.15, 0.2) is 0 Å². The van der Waals surface area contributed by atoms with Crippen LogP contribution in [0.3, 0.4) is 0 Å². The maximum atomic E-state index is 11.7. The SMILES string of the molecule is O=C(O)CCCCCNS(=O)(=O)NCC(F)(F)F. The Morgan fingerprint density at radius 3 is 2.22 bits per heavy atom. The minimum absolute atomic E-state index is 0.0148. The minimum atomic E-state index is -4.60. The first kappa shape index (κ1) is 17.1. The largest absolute Gasteiger partial charge is 0.481 e. The van der Waals surface area contributed by atoms with E-state index in [0.717, 1.165) is 0 Å². The molecule has 0 atom stereocenters. The molecule has 0 saturated heterocycles. The molecule has 0 aliphatic carbocycles. The summed E-state index contributed by atoms with van der Waals surface area (Å²) in [6, 6.07) is 0. The fourth-order valence-corrected chi connectivity index (χ4v) is 1.88. The smallest absolute Gasteiger partial charge is 0.402 e. The van der Waals surface area contributed by atoms with Crippen molar-refractivity contribution in [2.45, 2.75) is 31.9 Å². The third-order valence-corrected chi connectivity index (χ3v) is 2.93. The molecule has 0 bridgehead atoms. The normalized spacial score (nSPS) is 12.6. The van der Waals surface area contributed by atoms with E-state index < -0.39 is 28.9 Å². The number of nitrogens with one attached hydrogen (secondary N) is 2. The van der Waals surface area contributed by atoms with Crippen molar-refractivity contribution in [3.8, 4) is 0 Å². The third kappa shape index (κ3) is 11.6. The maximum absolute atomic E-state index is 11.7. The number of hydrogen-bond donors (Lipinski definition) is 3. The van der Waals surface area contributed by atoms with Gasteiger partial charge in [-0.05, 0) is 12.8 Å². The predicted octanol–water partition coefficient (Wildman–Crippen LogP) is 0.618. The highest BCUT2D eigenvalue weighted by atomic mass is 32.2. The summed E-state index contributed by atoms with van der Waals surface area (Å²) >= 11 is 0. The van der Waals surface area contributed by atoms with E-state index >= 15 is 0 Å². The summed E-state index contributed by atoms with van der Waals surface area (Å²) < 4.78 is 60.5. The standard InChI is InChI=1S/C8H15F3N2O4S/c9-8(10,11)6-13-18(16,17)12-5-3-1-2-4-7(14)15/h12-13H,1-6H2,(H,14,15). The summed E-state index contributed by atoms with van der Waals surface area (Å²) in [4.78, 5) is 10.1. The monoisotopic (exact) mass is 292 g/mol. The minimum Gasteiger partial charge on any atom is -0.481 e. The number of hydrogen-bond acceptors (Lipinski definition) is 3. The van der Waals surface area contributed by atoms with Gasteiger partial charge in [-0.3, -0.25) is 4.79 Å². The molecule has 0 aliphatic heterocycles. The van der Waals surface area contributed by atoms with E-state index in [1.165, 1.54) is 4.72 Å². The summed E-state index contributed by atoms with van der Waals surface area (Å²) in [6.07, 6.45) is -3.38. The van der Waals surface area contributed by atoms with Crippen LogP contribution in [0.4, 0.5) is 13.2 Å². The Morgan fingerprint density at radius 2 is 1.72 bits per heavy atom. The molecule has 3 N–H and O–H groups in total. The van der Waals surface area contributed by atoms with Gasteiger partial charge in [0.25, 0.3) is 10.2 Å². The Morgan fingerprint density at radius 1 is 1.11 bits per heavy atom. The van der Waals surface area contributed by atoms with Crippen LogP contribution in [0.5, 0.6) is 0 Å². The predicted molar refractivity (Wildman–Crippen MR) is 57.1 cm³/mol. The van der Waals surface area contributed by atoms with Crippen LogP contribution in [-0.2, 0) is 15.0 Å². The van der Waals surface area contributed by atoms with Crippen LogP contribution in [0, 0.1) is 0 Å². The molecule has 0 saturated carbocycles. The number of carboxylic acid groups (broad SMARTS) is 1. The molecule has 10 heteroatoms. The van der Waals surface area contributed by atoms with Crippen molar-refractivity contribution in [2.24, 2.45) is 0 Å². The van der Waals surface area contributed by atoms with Gasteiger partial charge in [0.1, 0.15) is 6.54 Å². The summed E-state index contributed by atoms with van der Waals surface area (Å²) in [5.74, 6) is -0.942. The molecule has 0 aliphatic rings. The number of aliphatic carboxylic acids is 1. The first-order valence-electron chi connectivity index (χ1n) is 5.15. The zero-order chi connectivity index (χ0) is 14.2. The highest BCUT2D eigenvalue weighted by Crippen LogP contribution is 2.12. The number of rotatable bonds is 9. The lowest BCUT2D eigenvalue weighted by atomic mass is 10.2. The second-order valence-corrected chi connectivity index (χ2v) is 5.12. The van der Waals surface area contributed by atoms with Gasteiger partial charge in [-0.25, -0.2) is 4.72 Å². The number of carboxylic acids is 1. The second kappa shape index (κ2) is 7.54. The second-order valence-electron chi connectivity index (χ2n) is 3.54. The van der Waals surface area contributed by atoms with Crippen LogP contribution in [0.15, 0.2) is 0 Å². The molecule has 0 aromatic rings. The summed E-state index contributed by atoms with van der Waals surface area (Å²) in [6.45, 7) is -1.66. The van der Waals surface area contributed by atoms with Gasteiger partial charge in [0.2, 0.25) is 0 Å². The molecule has 0 fully saturated rings. The highest BCUT2D eigenvalue weighted by molar-refractivity contribution is 7.87. The van der Waals surface area contributed by atoms with E-state index in [4.69, 9.17) is 5.11 Å². The van der Waals surface area contributed by atoms with Crippen molar-refractivity contribution in [3.05, 3.63) is 0 Å². The molecule has 0 unspecified atom stereocenters. The molecule has 0 heterocycles. The molecule has 108 valence electrons. The topological polar surface area (TPSA) is 95.5 Å². The van der Waals surface area contributed by atoms with Crippen molar-refractivity contribution < 1.29 is 31.5 Å². The van der Waals surface area contributed by atoms with E-state index in [1.807, 2.05) is 4.72 Å². The molecular formula is C8H15F3N2O4S. The Balaban J connectivity index is 3.68. The van der Waals surface area contributed by atoms with Crippen LogP contribution in [0.1, 0.15) is 25.7 Å². The van der Waals surface area contributed by atoms with Crippen molar-refractivity contribution in [3.63, 3.8) is 0 Å². The lowest BCUT2D eigenvalue weighted by molar-refractivity contribution is -0.137. The van der Waals surface area contributed by atoms with Gasteiger partial charge >= 0.3 is 12.1 Å². The Kier molecular flexibility index (Phi) is 7.18. The van der Waals surface area contributed by atoms with E-state index in [9.17, 15) is 26.4 Å². The fraction of sp³-hybridized carbons (Fsp3) is 0.875. The van der Waals surface area contributed by atoms with E-state index in [2.05, 4.69) is 0 Å². The molecule has 0 spiro atoms. The lowest BCUT2D eigenvalue weighted by Crippen LogP contribution is -2.41. The van der Waals surface area contributed by atoms with E-state index in [0.29, 0.717) is 19.3 Å². The quantitative estimate of drug-likeness (QED) is 0.543. The van der Waals surface area contributed by atoms with Crippen molar-refractivity contribution in [1.82, 2.24) is 9.44 Å². The first-order chi connectivity index (χ1) is 8.12. The van der Waals surface area contributed by atoms with Gasteiger partial charge in [0, 0.05) is 13.0 Å². The molecular weight excluding hydrogens is 277 g/mol. The lowest BCUT2D eigenvalue weighted by Gasteiger charge is -2.09. The van der Waals surface area contributed by atoms with Crippen LogP contribution < -0.4 is 9.44 Å². The fourth-order valence-electron chi connectivity index (χ4n) is 1.01. The van der Waals surface area contributed by atoms with E-state index in [1.54, 1.807) is 0 Å². The van der Waals surface area contributed by atoms with Gasteiger partial charge in [-0.1, -0.05) is 6.42 Å². The maximum Gasteiger partial charge on any atom is 0.402 e. The summed E-state index contributed by atoms with van der Waals surface area (Å²) in [7, 11) is -4.15. The summed E-state index contributed by atoms with van der Waals surface area (Å²) in [5, 5.41) is 8.32. The molecule has 18 heavy (non-hydrogen) atoms. The van der Waals surface area contributed by atoms with Crippen LogP contribution >= 0.6 is 0 Å². The van der Waals surface area contributed by atoms with Crippen LogP contribution in [-0.4, -0.2) is 38.8 Å². The summed E-state index contributed by atoms with van der Waals surface area (Å²) in [5.41, 5.74) is 0. The highest BCUT2D eigenvalue weighted by Gasteiger charge is 2.29. The number of halogens is 3.